The molecule has 0 aliphatic carbocycles. The van der Waals surface area contributed by atoms with Gasteiger partial charge in [0.05, 0.1) is 14.2 Å². The summed E-state index contributed by atoms with van der Waals surface area (Å²) >= 11 is 0. The van der Waals surface area contributed by atoms with E-state index < -0.39 is 0 Å². The number of hydrogen-bond acceptors (Lipinski definition) is 3. The van der Waals surface area contributed by atoms with Crippen molar-refractivity contribution in [1.82, 2.24) is 0 Å². The molecule has 1 aliphatic rings. The Bertz CT molecular complexity index is 668. The highest BCUT2D eigenvalue weighted by Gasteiger charge is 2.22. The molecule has 0 saturated carbocycles. The molecule has 3 rings (SSSR count). The van der Waals surface area contributed by atoms with E-state index in [9.17, 15) is 0 Å². The van der Waals surface area contributed by atoms with Crippen LogP contribution >= 0.6 is 0 Å². The molecule has 0 saturated heterocycles. The molecule has 0 radical (unpaired) electrons. The lowest BCUT2D eigenvalue weighted by molar-refractivity contribution is 0.354. The monoisotopic (exact) mass is 311 g/mol. The van der Waals surface area contributed by atoms with E-state index in [4.69, 9.17) is 9.47 Å². The second-order valence-electron chi connectivity index (χ2n) is 6.16. The largest absolute Gasteiger partial charge is 0.493 e. The number of ether oxygens (including phenoxy) is 2. The fourth-order valence-corrected chi connectivity index (χ4v) is 3.49. The van der Waals surface area contributed by atoms with Crippen molar-refractivity contribution in [2.24, 2.45) is 0 Å². The van der Waals surface area contributed by atoms with Crippen molar-refractivity contribution >= 4 is 5.69 Å². The molecule has 1 heterocycles. The second-order valence-corrected chi connectivity index (χ2v) is 6.16. The molecule has 122 valence electrons. The number of hydrogen-bond donors (Lipinski definition) is 0. The summed E-state index contributed by atoms with van der Waals surface area (Å²) in [5.41, 5.74) is 4.16. The lowest BCUT2D eigenvalue weighted by Crippen LogP contribution is -2.36. The Balaban J connectivity index is 1.67. The molecular weight excluding hydrogens is 286 g/mol. The third-order valence-electron chi connectivity index (χ3n) is 4.88. The number of fused-ring (bicyclic) bond motifs is 1. The lowest BCUT2D eigenvalue weighted by Gasteiger charge is -2.36. The first-order valence-corrected chi connectivity index (χ1v) is 8.24. The Kier molecular flexibility index (Phi) is 4.75. The van der Waals surface area contributed by atoms with E-state index in [1.165, 1.54) is 29.7 Å². The fraction of sp³-hybridized carbons (Fsp3) is 0.400. The number of benzene rings is 2. The summed E-state index contributed by atoms with van der Waals surface area (Å²) in [6, 6.07) is 15.6. The summed E-state index contributed by atoms with van der Waals surface area (Å²) in [5.74, 6) is 1.60. The Morgan fingerprint density at radius 3 is 2.61 bits per heavy atom. The van der Waals surface area contributed by atoms with Crippen LogP contribution in [0, 0.1) is 0 Å². The van der Waals surface area contributed by atoms with Gasteiger partial charge in [0.25, 0.3) is 0 Å². The molecule has 0 unspecified atom stereocenters. The van der Waals surface area contributed by atoms with Crippen molar-refractivity contribution in [2.45, 2.75) is 31.7 Å². The molecule has 2 aromatic rings. The first-order valence-electron chi connectivity index (χ1n) is 8.24. The minimum Gasteiger partial charge on any atom is -0.493 e. The molecule has 0 amide bonds. The normalized spacial score (nSPS) is 16.8. The molecule has 1 aliphatic heterocycles. The quantitative estimate of drug-likeness (QED) is 0.830. The van der Waals surface area contributed by atoms with Gasteiger partial charge >= 0.3 is 0 Å². The van der Waals surface area contributed by atoms with E-state index in [0.717, 1.165) is 24.3 Å². The van der Waals surface area contributed by atoms with E-state index in [2.05, 4.69) is 48.3 Å². The molecule has 1 atom stereocenters. The number of nitrogens with zero attached hydrogens (tertiary/aromatic N) is 1. The predicted molar refractivity (Wildman–Crippen MR) is 94.8 cm³/mol. The highest BCUT2D eigenvalue weighted by molar-refractivity contribution is 5.55. The third-order valence-corrected chi connectivity index (χ3v) is 4.88. The van der Waals surface area contributed by atoms with Crippen LogP contribution in [0.25, 0.3) is 0 Å². The highest BCUT2D eigenvalue weighted by atomic mass is 16.5. The van der Waals surface area contributed by atoms with Gasteiger partial charge in [-0.25, -0.2) is 0 Å². The van der Waals surface area contributed by atoms with Crippen LogP contribution in [-0.2, 0) is 12.8 Å². The average molecular weight is 311 g/mol. The van der Waals surface area contributed by atoms with E-state index in [0.29, 0.717) is 6.04 Å². The maximum atomic E-state index is 5.40. The van der Waals surface area contributed by atoms with Crippen LogP contribution in [0.2, 0.25) is 0 Å². The molecule has 0 aromatic heterocycles. The molecule has 3 heteroatoms. The molecule has 3 nitrogen and oxygen atoms in total. The van der Waals surface area contributed by atoms with Crippen molar-refractivity contribution in [3.8, 4) is 11.5 Å². The molecular formula is C20H25NO2. The minimum absolute atomic E-state index is 0.595. The predicted octanol–water partition coefficient (Wildman–Crippen LogP) is 4.09. The highest BCUT2D eigenvalue weighted by Crippen LogP contribution is 2.32. The first kappa shape index (κ1) is 15.7. The van der Waals surface area contributed by atoms with Crippen molar-refractivity contribution in [3.05, 3.63) is 53.6 Å². The molecule has 2 aromatic carbocycles. The fourth-order valence-electron chi connectivity index (χ4n) is 3.49. The van der Waals surface area contributed by atoms with Crippen LogP contribution in [0.3, 0.4) is 0 Å². The topological polar surface area (TPSA) is 21.7 Å². The zero-order valence-electron chi connectivity index (χ0n) is 14.2. The molecule has 0 bridgehead atoms. The van der Waals surface area contributed by atoms with E-state index in [1.807, 2.05) is 6.07 Å². The second kappa shape index (κ2) is 6.95. The number of methoxy groups -OCH3 is 2. The number of aryl methyl sites for hydroxylation is 2. The van der Waals surface area contributed by atoms with Crippen LogP contribution in [0.1, 0.15) is 24.0 Å². The summed E-state index contributed by atoms with van der Waals surface area (Å²) in [7, 11) is 5.58. The Morgan fingerprint density at radius 1 is 1.04 bits per heavy atom. The van der Waals surface area contributed by atoms with Gasteiger partial charge < -0.3 is 14.4 Å². The summed E-state index contributed by atoms with van der Waals surface area (Å²) in [4.78, 5) is 2.44. The molecule has 0 spiro atoms. The standard InChI is InChI=1S/C20H25NO2/c1-21-17(12-10-16-6-4-5-7-18(16)21)11-8-15-9-13-19(22-2)20(14-15)23-3/h4-7,9,13-14,17H,8,10-12H2,1-3H3/t17-/m0/s1. The van der Waals surface area contributed by atoms with Gasteiger partial charge in [0.15, 0.2) is 11.5 Å². The smallest absolute Gasteiger partial charge is 0.160 e. The van der Waals surface area contributed by atoms with Gasteiger partial charge in [-0.05, 0) is 55.0 Å². The van der Waals surface area contributed by atoms with Gasteiger partial charge in [0.1, 0.15) is 0 Å². The lowest BCUT2D eigenvalue weighted by atomic mass is 9.92. The van der Waals surface area contributed by atoms with E-state index >= 15 is 0 Å². The maximum Gasteiger partial charge on any atom is 0.160 e. The van der Waals surface area contributed by atoms with Crippen molar-refractivity contribution in [2.75, 3.05) is 26.2 Å². The van der Waals surface area contributed by atoms with Crippen LogP contribution in [0.15, 0.2) is 42.5 Å². The van der Waals surface area contributed by atoms with Crippen LogP contribution in [0.4, 0.5) is 5.69 Å². The zero-order valence-corrected chi connectivity index (χ0v) is 14.2. The molecule has 0 fully saturated rings. The number of rotatable bonds is 5. The van der Waals surface area contributed by atoms with Crippen LogP contribution < -0.4 is 14.4 Å². The maximum absolute atomic E-state index is 5.40. The van der Waals surface area contributed by atoms with Crippen LogP contribution in [0.5, 0.6) is 11.5 Å². The van der Waals surface area contributed by atoms with Crippen molar-refractivity contribution in [3.63, 3.8) is 0 Å². The van der Waals surface area contributed by atoms with Gasteiger partial charge in [-0.2, -0.15) is 0 Å². The average Bonchev–Trinajstić information content (AvgIpc) is 2.61. The summed E-state index contributed by atoms with van der Waals surface area (Å²) in [5, 5.41) is 0. The number of para-hydroxylation sites is 1. The van der Waals surface area contributed by atoms with E-state index in [-0.39, 0.29) is 0 Å². The van der Waals surface area contributed by atoms with Gasteiger partial charge in [-0.3, -0.25) is 0 Å². The Hall–Kier alpha value is -2.16. The van der Waals surface area contributed by atoms with Gasteiger partial charge in [0, 0.05) is 18.8 Å². The SMILES string of the molecule is COc1ccc(CC[C@H]2CCc3ccccc3N2C)cc1OC. The number of anilines is 1. The van der Waals surface area contributed by atoms with Crippen molar-refractivity contribution in [1.29, 1.82) is 0 Å². The van der Waals surface area contributed by atoms with Gasteiger partial charge in [0.2, 0.25) is 0 Å². The van der Waals surface area contributed by atoms with E-state index in [1.54, 1.807) is 14.2 Å². The first-order chi connectivity index (χ1) is 11.2. The minimum atomic E-state index is 0.595. The Morgan fingerprint density at radius 2 is 1.83 bits per heavy atom. The van der Waals surface area contributed by atoms with Crippen LogP contribution in [-0.4, -0.2) is 27.3 Å². The Labute approximate surface area is 138 Å². The van der Waals surface area contributed by atoms with Crippen molar-refractivity contribution < 1.29 is 9.47 Å². The summed E-state index contributed by atoms with van der Waals surface area (Å²) in [6.45, 7) is 0. The van der Waals surface area contributed by atoms with Gasteiger partial charge in [-0.15, -0.1) is 0 Å². The zero-order chi connectivity index (χ0) is 16.2. The molecule has 23 heavy (non-hydrogen) atoms. The summed E-state index contributed by atoms with van der Waals surface area (Å²) < 4.78 is 10.7. The third kappa shape index (κ3) is 3.29. The summed E-state index contributed by atoms with van der Waals surface area (Å²) in [6.07, 6.45) is 4.61. The molecule has 0 N–H and O–H groups in total. The van der Waals surface area contributed by atoms with Gasteiger partial charge in [-0.1, -0.05) is 24.3 Å².